The van der Waals surface area contributed by atoms with E-state index in [0.717, 1.165) is 5.01 Å². The van der Waals surface area contributed by atoms with Crippen molar-refractivity contribution in [2.24, 2.45) is 0 Å². The average Bonchev–Trinajstić information content (AvgIpc) is 2.69. The number of rotatable bonds is 2. The first-order valence-electron chi connectivity index (χ1n) is 5.33. The van der Waals surface area contributed by atoms with Crippen molar-refractivity contribution < 1.29 is 13.2 Å². The molecule has 0 spiro atoms. The molecule has 94 valence electrons. The van der Waals surface area contributed by atoms with E-state index >= 15 is 0 Å². The highest BCUT2D eigenvalue weighted by atomic mass is 32.2. The van der Waals surface area contributed by atoms with E-state index in [1.54, 1.807) is 6.92 Å². The maximum absolute atomic E-state index is 11.9. The Morgan fingerprint density at radius 3 is 2.65 bits per heavy atom. The molecule has 1 N–H and O–H groups in total. The van der Waals surface area contributed by atoms with Crippen LogP contribution >= 0.6 is 11.3 Å². The normalized spacial score (nSPS) is 22.6. The second kappa shape index (κ2) is 4.38. The molecule has 2 heterocycles. The second-order valence-corrected chi connectivity index (χ2v) is 7.65. The molecule has 1 atom stereocenters. The maximum atomic E-state index is 11.9. The summed E-state index contributed by atoms with van der Waals surface area (Å²) >= 11 is 1.33. The van der Waals surface area contributed by atoms with Gasteiger partial charge in [0.25, 0.3) is 5.91 Å². The predicted octanol–water partition coefficient (Wildman–Crippen LogP) is 0.677. The van der Waals surface area contributed by atoms with E-state index in [0.29, 0.717) is 17.0 Å². The van der Waals surface area contributed by atoms with Crippen LogP contribution in [0.2, 0.25) is 0 Å². The topological polar surface area (TPSA) is 76.1 Å². The molecule has 1 fully saturated rings. The standard InChI is InChI=1S/C10H14N2O3S2/c1-6-9(16-7(2)11-6)10(13)12-8-3-4-17(14,15)5-8/h8H,3-5H2,1-2H3,(H,12,13). The first-order valence-corrected chi connectivity index (χ1v) is 7.96. The van der Waals surface area contributed by atoms with E-state index < -0.39 is 9.84 Å². The van der Waals surface area contributed by atoms with Gasteiger partial charge in [-0.3, -0.25) is 4.79 Å². The minimum atomic E-state index is -2.96. The number of carbonyl (C=O) groups is 1. The summed E-state index contributed by atoms with van der Waals surface area (Å²) in [5.41, 5.74) is 0.700. The van der Waals surface area contributed by atoms with Crippen LogP contribution in [0.3, 0.4) is 0 Å². The SMILES string of the molecule is Cc1nc(C)c(C(=O)NC2CCS(=O)(=O)C2)s1. The number of aromatic nitrogens is 1. The van der Waals surface area contributed by atoms with Crippen LogP contribution in [0.1, 0.15) is 26.8 Å². The number of hydrogen-bond acceptors (Lipinski definition) is 5. The molecule has 1 aromatic rings. The molecule has 0 radical (unpaired) electrons. The van der Waals surface area contributed by atoms with E-state index in [1.807, 2.05) is 6.92 Å². The molecule has 1 aromatic heterocycles. The molecule has 17 heavy (non-hydrogen) atoms. The van der Waals surface area contributed by atoms with Crippen LogP contribution in [0.25, 0.3) is 0 Å². The van der Waals surface area contributed by atoms with Crippen LogP contribution in [0.15, 0.2) is 0 Å². The molecule has 1 saturated heterocycles. The van der Waals surface area contributed by atoms with Crippen LogP contribution in [-0.2, 0) is 9.84 Å². The summed E-state index contributed by atoms with van der Waals surface area (Å²) < 4.78 is 22.5. The fourth-order valence-corrected chi connectivity index (χ4v) is 4.40. The van der Waals surface area contributed by atoms with Gasteiger partial charge < -0.3 is 5.32 Å². The Kier molecular flexibility index (Phi) is 3.22. The van der Waals surface area contributed by atoms with Crippen molar-refractivity contribution in [1.82, 2.24) is 10.3 Å². The zero-order valence-corrected chi connectivity index (χ0v) is 11.3. The van der Waals surface area contributed by atoms with Gasteiger partial charge in [-0.15, -0.1) is 11.3 Å². The summed E-state index contributed by atoms with van der Waals surface area (Å²) in [6.45, 7) is 3.62. The van der Waals surface area contributed by atoms with Gasteiger partial charge in [-0.25, -0.2) is 13.4 Å². The number of carbonyl (C=O) groups excluding carboxylic acids is 1. The third-order valence-electron chi connectivity index (χ3n) is 2.68. The Morgan fingerprint density at radius 2 is 2.18 bits per heavy atom. The zero-order valence-electron chi connectivity index (χ0n) is 9.69. The van der Waals surface area contributed by atoms with Crippen molar-refractivity contribution in [3.05, 3.63) is 15.6 Å². The summed E-state index contributed by atoms with van der Waals surface area (Å²) in [6.07, 6.45) is 0.505. The Labute approximate surface area is 104 Å². The smallest absolute Gasteiger partial charge is 0.263 e. The Morgan fingerprint density at radius 1 is 1.47 bits per heavy atom. The molecule has 1 aliphatic heterocycles. The minimum Gasteiger partial charge on any atom is -0.347 e. The number of aryl methyl sites for hydroxylation is 2. The highest BCUT2D eigenvalue weighted by Gasteiger charge is 2.29. The minimum absolute atomic E-state index is 0.0512. The molecule has 1 aliphatic rings. The van der Waals surface area contributed by atoms with Gasteiger partial charge in [0.15, 0.2) is 9.84 Å². The average molecular weight is 274 g/mol. The van der Waals surface area contributed by atoms with Crippen LogP contribution in [-0.4, -0.2) is 36.9 Å². The van der Waals surface area contributed by atoms with Crippen molar-refractivity contribution in [2.45, 2.75) is 26.3 Å². The number of nitrogens with one attached hydrogen (secondary N) is 1. The summed E-state index contributed by atoms with van der Waals surface area (Å²) in [7, 11) is -2.96. The largest absolute Gasteiger partial charge is 0.347 e. The number of nitrogens with zero attached hydrogens (tertiary/aromatic N) is 1. The van der Waals surface area contributed by atoms with Crippen LogP contribution in [0.4, 0.5) is 0 Å². The van der Waals surface area contributed by atoms with Gasteiger partial charge in [0.05, 0.1) is 22.2 Å². The van der Waals surface area contributed by atoms with Crippen molar-refractivity contribution in [3.63, 3.8) is 0 Å². The molecular weight excluding hydrogens is 260 g/mol. The third-order valence-corrected chi connectivity index (χ3v) is 5.52. The number of thiazole rings is 1. The molecule has 1 amide bonds. The maximum Gasteiger partial charge on any atom is 0.263 e. The molecule has 0 aromatic carbocycles. The summed E-state index contributed by atoms with van der Waals surface area (Å²) in [4.78, 5) is 16.7. The Hall–Kier alpha value is -0.950. The molecule has 0 bridgehead atoms. The lowest BCUT2D eigenvalue weighted by molar-refractivity contribution is 0.0944. The fraction of sp³-hybridized carbons (Fsp3) is 0.600. The van der Waals surface area contributed by atoms with Gasteiger partial charge in [0, 0.05) is 6.04 Å². The Balaban J connectivity index is 2.06. The van der Waals surface area contributed by atoms with Crippen molar-refractivity contribution in [1.29, 1.82) is 0 Å². The number of amides is 1. The van der Waals surface area contributed by atoms with Gasteiger partial charge in [-0.1, -0.05) is 0 Å². The van der Waals surface area contributed by atoms with Gasteiger partial charge in [0.2, 0.25) is 0 Å². The zero-order chi connectivity index (χ0) is 12.6. The third kappa shape index (κ3) is 2.84. The number of sulfone groups is 1. The summed E-state index contributed by atoms with van der Waals surface area (Å²) in [5, 5.41) is 3.60. The predicted molar refractivity (Wildman–Crippen MR) is 66.1 cm³/mol. The highest BCUT2D eigenvalue weighted by molar-refractivity contribution is 7.91. The number of hydrogen-bond donors (Lipinski definition) is 1. The molecule has 0 saturated carbocycles. The van der Waals surface area contributed by atoms with Gasteiger partial charge in [-0.2, -0.15) is 0 Å². The van der Waals surface area contributed by atoms with Crippen molar-refractivity contribution in [3.8, 4) is 0 Å². The molecular formula is C10H14N2O3S2. The molecule has 7 heteroatoms. The summed E-state index contributed by atoms with van der Waals surface area (Å²) in [5.74, 6) is 0.00371. The first kappa shape index (κ1) is 12.5. The van der Waals surface area contributed by atoms with Crippen LogP contribution < -0.4 is 5.32 Å². The second-order valence-electron chi connectivity index (χ2n) is 4.22. The first-order chi connectivity index (χ1) is 7.87. The van der Waals surface area contributed by atoms with Crippen LogP contribution in [0, 0.1) is 13.8 Å². The summed E-state index contributed by atoms with van der Waals surface area (Å²) in [6, 6.07) is -0.255. The highest BCUT2D eigenvalue weighted by Crippen LogP contribution is 2.18. The van der Waals surface area contributed by atoms with E-state index in [2.05, 4.69) is 10.3 Å². The molecule has 5 nitrogen and oxygen atoms in total. The lowest BCUT2D eigenvalue weighted by Gasteiger charge is -2.09. The molecule has 1 unspecified atom stereocenters. The monoisotopic (exact) mass is 274 g/mol. The fourth-order valence-electron chi connectivity index (χ4n) is 1.90. The van der Waals surface area contributed by atoms with E-state index in [-0.39, 0.29) is 23.5 Å². The molecule has 0 aliphatic carbocycles. The van der Waals surface area contributed by atoms with Crippen molar-refractivity contribution in [2.75, 3.05) is 11.5 Å². The Bertz CT molecular complexity index is 548. The lowest BCUT2D eigenvalue weighted by Crippen LogP contribution is -2.35. The molecule has 2 rings (SSSR count). The van der Waals surface area contributed by atoms with Gasteiger partial charge in [0.1, 0.15) is 4.88 Å². The van der Waals surface area contributed by atoms with E-state index in [1.165, 1.54) is 11.3 Å². The van der Waals surface area contributed by atoms with Gasteiger partial charge in [-0.05, 0) is 20.3 Å². The van der Waals surface area contributed by atoms with E-state index in [4.69, 9.17) is 0 Å². The lowest BCUT2D eigenvalue weighted by atomic mass is 10.2. The van der Waals surface area contributed by atoms with E-state index in [9.17, 15) is 13.2 Å². The quantitative estimate of drug-likeness (QED) is 0.860. The van der Waals surface area contributed by atoms with Gasteiger partial charge >= 0.3 is 0 Å². The van der Waals surface area contributed by atoms with Crippen molar-refractivity contribution >= 4 is 27.1 Å². The van der Waals surface area contributed by atoms with Crippen LogP contribution in [0.5, 0.6) is 0 Å².